The number of rotatable bonds is 2. The monoisotopic (exact) mass is 333 g/mol. The highest BCUT2D eigenvalue weighted by Gasteiger charge is 2.39. The number of aromatic nitrogens is 4. The zero-order valence-corrected chi connectivity index (χ0v) is 12.8. The van der Waals surface area contributed by atoms with Gasteiger partial charge in [0.1, 0.15) is 5.60 Å². The van der Waals surface area contributed by atoms with Gasteiger partial charge in [-0.2, -0.15) is 18.3 Å². The number of ether oxygens (including phenoxy) is 1. The molecule has 10 heteroatoms. The highest BCUT2D eigenvalue weighted by Crippen LogP contribution is 2.37. The second kappa shape index (κ2) is 5.20. The lowest BCUT2D eigenvalue weighted by molar-refractivity contribution is -0.138. The molecule has 22 heavy (non-hydrogen) atoms. The Balaban J connectivity index is 1.82. The lowest BCUT2D eigenvalue weighted by Crippen LogP contribution is -2.48. The third kappa shape index (κ3) is 2.80. The Morgan fingerprint density at radius 1 is 1.36 bits per heavy atom. The Kier molecular flexibility index (Phi) is 3.60. The van der Waals surface area contributed by atoms with Crippen molar-refractivity contribution in [1.29, 1.82) is 0 Å². The summed E-state index contributed by atoms with van der Waals surface area (Å²) in [7, 11) is 1.80. The van der Waals surface area contributed by atoms with E-state index in [0.717, 1.165) is 5.56 Å². The van der Waals surface area contributed by atoms with Gasteiger partial charge < -0.3 is 9.64 Å². The normalized spacial score (nSPS) is 23.0. The number of morpholine rings is 1. The first-order valence-electron chi connectivity index (χ1n) is 6.57. The topological polar surface area (TPSA) is 56.1 Å². The maximum atomic E-state index is 12.6. The SMILES string of the molecule is Cn1cc([C@]2(C)CN(c3nnc(C(F)(F)F)s3)CCO2)cn1. The van der Waals surface area contributed by atoms with E-state index in [4.69, 9.17) is 4.74 Å². The summed E-state index contributed by atoms with van der Waals surface area (Å²) in [6, 6.07) is 0. The van der Waals surface area contributed by atoms with Gasteiger partial charge in [-0.1, -0.05) is 11.3 Å². The van der Waals surface area contributed by atoms with Gasteiger partial charge in [-0.05, 0) is 6.92 Å². The van der Waals surface area contributed by atoms with Gasteiger partial charge in [-0.25, -0.2) is 0 Å². The number of hydrogen-bond acceptors (Lipinski definition) is 6. The first-order chi connectivity index (χ1) is 10.3. The highest BCUT2D eigenvalue weighted by molar-refractivity contribution is 7.15. The van der Waals surface area contributed by atoms with Crippen LogP contribution < -0.4 is 4.90 Å². The fourth-order valence-electron chi connectivity index (χ4n) is 2.36. The highest BCUT2D eigenvalue weighted by atomic mass is 32.1. The van der Waals surface area contributed by atoms with Crippen molar-refractivity contribution in [3.05, 3.63) is 23.0 Å². The summed E-state index contributed by atoms with van der Waals surface area (Å²) in [5.41, 5.74) is 0.233. The van der Waals surface area contributed by atoms with Gasteiger partial charge in [-0.15, -0.1) is 10.2 Å². The van der Waals surface area contributed by atoms with E-state index >= 15 is 0 Å². The van der Waals surface area contributed by atoms with Crippen LogP contribution in [0, 0.1) is 0 Å². The van der Waals surface area contributed by atoms with Crippen LogP contribution in [0.4, 0.5) is 18.3 Å². The molecule has 1 saturated heterocycles. The number of hydrogen-bond donors (Lipinski definition) is 0. The number of alkyl halides is 3. The lowest BCUT2D eigenvalue weighted by Gasteiger charge is -2.39. The molecule has 0 unspecified atom stereocenters. The molecule has 3 heterocycles. The van der Waals surface area contributed by atoms with Crippen LogP contribution >= 0.6 is 11.3 Å². The van der Waals surface area contributed by atoms with Crippen LogP contribution in [0.2, 0.25) is 0 Å². The largest absolute Gasteiger partial charge is 0.445 e. The van der Waals surface area contributed by atoms with E-state index in [1.165, 1.54) is 0 Å². The lowest BCUT2D eigenvalue weighted by atomic mass is 9.97. The van der Waals surface area contributed by atoms with Crippen LogP contribution in [0.1, 0.15) is 17.5 Å². The van der Waals surface area contributed by atoms with Crippen molar-refractivity contribution in [1.82, 2.24) is 20.0 Å². The molecule has 120 valence electrons. The van der Waals surface area contributed by atoms with Gasteiger partial charge in [0, 0.05) is 25.4 Å². The molecule has 0 bridgehead atoms. The molecular formula is C12H14F3N5OS. The number of aryl methyl sites for hydroxylation is 1. The Morgan fingerprint density at radius 3 is 2.73 bits per heavy atom. The molecule has 0 spiro atoms. The minimum Gasteiger partial charge on any atom is -0.367 e. The molecule has 1 fully saturated rings. The molecule has 1 aliphatic heterocycles. The fourth-order valence-corrected chi connectivity index (χ4v) is 3.10. The van der Waals surface area contributed by atoms with Crippen LogP contribution in [-0.2, 0) is 23.6 Å². The van der Waals surface area contributed by atoms with Crippen LogP contribution in [0.5, 0.6) is 0 Å². The maximum absolute atomic E-state index is 12.6. The zero-order chi connectivity index (χ0) is 16.0. The van der Waals surface area contributed by atoms with Crippen molar-refractivity contribution in [3.63, 3.8) is 0 Å². The first kappa shape index (κ1) is 15.2. The molecule has 0 amide bonds. The summed E-state index contributed by atoms with van der Waals surface area (Å²) in [6.07, 6.45) is -0.926. The maximum Gasteiger partial charge on any atom is 0.445 e. The van der Waals surface area contributed by atoms with E-state index in [1.807, 2.05) is 13.1 Å². The number of halogens is 3. The van der Waals surface area contributed by atoms with Gasteiger partial charge in [-0.3, -0.25) is 4.68 Å². The van der Waals surface area contributed by atoms with Crippen molar-refractivity contribution in [2.75, 3.05) is 24.6 Å². The fraction of sp³-hybridized carbons (Fsp3) is 0.583. The minimum atomic E-state index is -4.46. The summed E-state index contributed by atoms with van der Waals surface area (Å²) < 4.78 is 45.4. The molecule has 0 aliphatic carbocycles. The third-order valence-electron chi connectivity index (χ3n) is 3.52. The summed E-state index contributed by atoms with van der Waals surface area (Å²) in [6.45, 7) is 3.15. The molecule has 0 saturated carbocycles. The minimum absolute atomic E-state index is 0.255. The molecule has 0 radical (unpaired) electrons. The van der Waals surface area contributed by atoms with E-state index in [1.54, 1.807) is 22.8 Å². The standard InChI is InChI=1S/C12H14F3N5OS/c1-11(8-5-16-19(2)6-8)7-20(3-4-21-11)10-18-17-9(22-10)12(13,14)15/h5-6H,3-4,7H2,1-2H3/t11-/m0/s1. The van der Waals surface area contributed by atoms with Gasteiger partial charge in [0.05, 0.1) is 19.3 Å². The van der Waals surface area contributed by atoms with Gasteiger partial charge in [0.25, 0.3) is 0 Å². The molecular weight excluding hydrogens is 319 g/mol. The van der Waals surface area contributed by atoms with Gasteiger partial charge in [0.2, 0.25) is 10.1 Å². The molecule has 3 rings (SSSR count). The van der Waals surface area contributed by atoms with Crippen molar-refractivity contribution in [3.8, 4) is 0 Å². The van der Waals surface area contributed by atoms with Crippen LogP contribution in [0.15, 0.2) is 12.4 Å². The van der Waals surface area contributed by atoms with E-state index in [-0.39, 0.29) is 5.13 Å². The molecule has 1 aliphatic rings. The predicted molar refractivity (Wildman–Crippen MR) is 73.6 cm³/mol. The van der Waals surface area contributed by atoms with Crippen molar-refractivity contribution in [2.45, 2.75) is 18.7 Å². The zero-order valence-electron chi connectivity index (χ0n) is 12.0. The third-order valence-corrected chi connectivity index (χ3v) is 4.55. The number of nitrogens with zero attached hydrogens (tertiary/aromatic N) is 5. The molecule has 2 aromatic rings. The summed E-state index contributed by atoms with van der Waals surface area (Å²) >= 11 is 0.550. The average molecular weight is 333 g/mol. The Bertz CT molecular complexity index is 670. The molecule has 6 nitrogen and oxygen atoms in total. The average Bonchev–Trinajstić information content (AvgIpc) is 3.06. The van der Waals surface area contributed by atoms with E-state index in [0.29, 0.717) is 31.0 Å². The van der Waals surface area contributed by atoms with E-state index < -0.39 is 16.8 Å². The van der Waals surface area contributed by atoms with E-state index in [9.17, 15) is 13.2 Å². The smallest absolute Gasteiger partial charge is 0.367 e. The predicted octanol–water partition coefficient (Wildman–Crippen LogP) is 2.04. The Hall–Kier alpha value is -1.68. The number of anilines is 1. The van der Waals surface area contributed by atoms with Crippen LogP contribution in [0.3, 0.4) is 0 Å². The van der Waals surface area contributed by atoms with Crippen molar-refractivity contribution < 1.29 is 17.9 Å². The van der Waals surface area contributed by atoms with Crippen LogP contribution in [-0.4, -0.2) is 39.7 Å². The summed E-state index contributed by atoms with van der Waals surface area (Å²) in [5.74, 6) is 0. The molecule has 1 atom stereocenters. The summed E-state index contributed by atoms with van der Waals surface area (Å²) in [4.78, 5) is 1.77. The quantitative estimate of drug-likeness (QED) is 0.842. The second-order valence-corrected chi connectivity index (χ2v) is 6.25. The summed E-state index contributed by atoms with van der Waals surface area (Å²) in [5, 5.41) is 10.3. The second-order valence-electron chi connectivity index (χ2n) is 5.29. The van der Waals surface area contributed by atoms with E-state index in [2.05, 4.69) is 15.3 Å². The van der Waals surface area contributed by atoms with Crippen molar-refractivity contribution >= 4 is 16.5 Å². The van der Waals surface area contributed by atoms with Gasteiger partial charge in [0.15, 0.2) is 0 Å². The van der Waals surface area contributed by atoms with Gasteiger partial charge >= 0.3 is 6.18 Å². The molecule has 0 aromatic carbocycles. The van der Waals surface area contributed by atoms with Crippen LogP contribution in [0.25, 0.3) is 0 Å². The van der Waals surface area contributed by atoms with Crippen molar-refractivity contribution in [2.24, 2.45) is 7.05 Å². The molecule has 2 aromatic heterocycles. The Morgan fingerprint density at radius 2 is 2.14 bits per heavy atom. The molecule has 0 N–H and O–H groups in total. The Labute approximate surface area is 128 Å². The first-order valence-corrected chi connectivity index (χ1v) is 7.38.